The van der Waals surface area contributed by atoms with E-state index in [1.165, 1.54) is 6.07 Å². The minimum absolute atomic E-state index is 0.0195. The van der Waals surface area contributed by atoms with Crippen molar-refractivity contribution in [1.82, 2.24) is 9.80 Å². The van der Waals surface area contributed by atoms with Gasteiger partial charge in [-0.2, -0.15) is 0 Å². The Morgan fingerprint density at radius 3 is 2.16 bits per heavy atom. The molecule has 12 heteroatoms. The Bertz CT molecular complexity index is 1530. The first-order valence-corrected chi connectivity index (χ1v) is 16.6. The topological polar surface area (TPSA) is 111 Å². The van der Waals surface area contributed by atoms with Gasteiger partial charge in [0.1, 0.15) is 11.6 Å². The number of hydrogen-bond acceptors (Lipinski definition) is 5. The van der Waals surface area contributed by atoms with E-state index in [2.05, 4.69) is 27.2 Å². The lowest BCUT2D eigenvalue weighted by molar-refractivity contribution is -0.115. The Morgan fingerprint density at radius 2 is 1.55 bits per heavy atom. The number of piperidine rings is 1. The number of amides is 3. The number of nitrogens with zero attached hydrogens (tertiary/aromatic N) is 2. The molecular weight excluding hydrogens is 588 g/mol. The molecule has 0 spiro atoms. The van der Waals surface area contributed by atoms with Crippen LogP contribution < -0.4 is 15.4 Å². The van der Waals surface area contributed by atoms with Gasteiger partial charge in [-0.05, 0) is 66.8 Å². The van der Waals surface area contributed by atoms with E-state index in [0.717, 1.165) is 74.8 Å². The molecule has 1 aliphatic rings. The summed E-state index contributed by atoms with van der Waals surface area (Å²) in [6.45, 7) is 4.94. The number of urea groups is 1. The number of unbranched alkanes of at least 4 members (excludes halogenated alkanes) is 1. The van der Waals surface area contributed by atoms with Gasteiger partial charge < -0.3 is 15.5 Å². The Labute approximate surface area is 257 Å². The Hall–Kier alpha value is -4.03. The first-order chi connectivity index (χ1) is 21.0. The highest BCUT2D eigenvalue weighted by Crippen LogP contribution is 2.22. The number of sulfonamides is 1. The summed E-state index contributed by atoms with van der Waals surface area (Å²) < 4.78 is 52.5. The molecule has 4 rings (SSSR count). The molecule has 0 bridgehead atoms. The zero-order valence-corrected chi connectivity index (χ0v) is 25.8. The fourth-order valence-corrected chi connectivity index (χ4v) is 5.76. The molecule has 3 amide bonds. The lowest BCUT2D eigenvalue weighted by Crippen LogP contribution is -2.49. The predicted molar refractivity (Wildman–Crippen MR) is 169 cm³/mol. The number of rotatable bonds is 12. The van der Waals surface area contributed by atoms with Crippen LogP contribution in [0, 0.1) is 11.6 Å². The molecule has 0 unspecified atom stereocenters. The second kappa shape index (κ2) is 15.1. The molecule has 3 aromatic carbocycles. The van der Waals surface area contributed by atoms with Gasteiger partial charge in [0, 0.05) is 49.7 Å². The van der Waals surface area contributed by atoms with Crippen molar-refractivity contribution in [3.05, 3.63) is 89.5 Å². The van der Waals surface area contributed by atoms with Crippen molar-refractivity contribution in [2.75, 3.05) is 41.2 Å². The molecule has 1 heterocycles. The van der Waals surface area contributed by atoms with Crippen LogP contribution in [0.15, 0.2) is 66.7 Å². The molecule has 1 fully saturated rings. The van der Waals surface area contributed by atoms with Crippen LogP contribution in [0.25, 0.3) is 0 Å². The average molecular weight is 628 g/mol. The Morgan fingerprint density at radius 1 is 0.909 bits per heavy atom. The number of anilines is 3. The zero-order chi connectivity index (χ0) is 31.7. The molecule has 0 saturated carbocycles. The maximum atomic E-state index is 14.1. The highest BCUT2D eigenvalue weighted by Gasteiger charge is 2.28. The van der Waals surface area contributed by atoms with Crippen molar-refractivity contribution in [1.29, 1.82) is 0 Å². The normalized spacial score (nSPS) is 14.2. The first kappa shape index (κ1) is 32.9. The molecular formula is C32H39F2N5O4S. The van der Waals surface area contributed by atoms with E-state index in [0.29, 0.717) is 17.9 Å². The smallest absolute Gasteiger partial charge is 0.322 e. The summed E-state index contributed by atoms with van der Waals surface area (Å²) in [6.07, 6.45) is 4.55. The zero-order valence-electron chi connectivity index (χ0n) is 25.0. The second-order valence-corrected chi connectivity index (χ2v) is 12.9. The molecule has 236 valence electrons. The van der Waals surface area contributed by atoms with E-state index in [1.54, 1.807) is 29.2 Å². The molecule has 0 aromatic heterocycles. The van der Waals surface area contributed by atoms with Crippen molar-refractivity contribution >= 4 is 39.0 Å². The summed E-state index contributed by atoms with van der Waals surface area (Å²) in [4.78, 5) is 29.7. The van der Waals surface area contributed by atoms with E-state index in [4.69, 9.17) is 0 Å². The van der Waals surface area contributed by atoms with E-state index < -0.39 is 21.7 Å². The molecule has 1 saturated heterocycles. The molecule has 0 aliphatic carbocycles. The maximum Gasteiger partial charge on any atom is 0.322 e. The SMILES string of the molecule is CCCCN(C(=O)Nc1ccc(F)cc1F)C1CCN(Cc2ccc(NC(=O)Cc3ccc(NS(C)(=O)=O)cc3)cc2)CC1. The summed E-state index contributed by atoms with van der Waals surface area (Å²) >= 11 is 0. The van der Waals surface area contributed by atoms with Crippen molar-refractivity contribution in [2.45, 2.75) is 51.6 Å². The van der Waals surface area contributed by atoms with Gasteiger partial charge in [-0.1, -0.05) is 37.6 Å². The largest absolute Gasteiger partial charge is 0.326 e. The molecule has 3 aromatic rings. The monoisotopic (exact) mass is 627 g/mol. The standard InChI is InChI=1S/C32H39F2N5O4S/c1-3-4-17-39(32(41)36-30-14-9-25(33)21-29(30)34)28-15-18-38(19-16-28)22-24-7-10-26(11-8-24)35-31(40)20-23-5-12-27(13-6-23)37-44(2,42)43/h5-14,21,28,37H,3-4,15-20,22H2,1-2H3,(H,35,40)(H,36,41). The Kier molecular flexibility index (Phi) is 11.3. The van der Waals surface area contributed by atoms with Gasteiger partial charge in [-0.3, -0.25) is 14.4 Å². The summed E-state index contributed by atoms with van der Waals surface area (Å²) in [7, 11) is -3.36. The highest BCUT2D eigenvalue weighted by molar-refractivity contribution is 7.92. The van der Waals surface area contributed by atoms with E-state index >= 15 is 0 Å². The minimum Gasteiger partial charge on any atom is -0.326 e. The van der Waals surface area contributed by atoms with Gasteiger partial charge in [0.15, 0.2) is 0 Å². The summed E-state index contributed by atoms with van der Waals surface area (Å²) in [6, 6.07) is 17.1. The van der Waals surface area contributed by atoms with Crippen molar-refractivity contribution < 1.29 is 26.8 Å². The number of nitrogens with one attached hydrogen (secondary N) is 3. The van der Waals surface area contributed by atoms with Crippen molar-refractivity contribution in [2.24, 2.45) is 0 Å². The molecule has 0 atom stereocenters. The van der Waals surface area contributed by atoms with Crippen LogP contribution in [0.4, 0.5) is 30.6 Å². The quantitative estimate of drug-likeness (QED) is 0.235. The van der Waals surface area contributed by atoms with E-state index in [-0.39, 0.29) is 30.1 Å². The third-order valence-electron chi connectivity index (χ3n) is 7.45. The molecule has 44 heavy (non-hydrogen) atoms. The van der Waals surface area contributed by atoms with Gasteiger partial charge in [0.05, 0.1) is 18.4 Å². The van der Waals surface area contributed by atoms with E-state index in [1.807, 2.05) is 24.3 Å². The number of carbonyl (C=O) groups is 2. The molecule has 9 nitrogen and oxygen atoms in total. The summed E-state index contributed by atoms with van der Waals surface area (Å²) in [5, 5.41) is 5.51. The number of likely N-dealkylation sites (tertiary alicyclic amines) is 1. The highest BCUT2D eigenvalue weighted by atomic mass is 32.2. The van der Waals surface area contributed by atoms with Gasteiger partial charge in [-0.25, -0.2) is 22.0 Å². The van der Waals surface area contributed by atoms with Crippen LogP contribution in [0.2, 0.25) is 0 Å². The van der Waals surface area contributed by atoms with Crippen LogP contribution in [0.3, 0.4) is 0 Å². The first-order valence-electron chi connectivity index (χ1n) is 14.7. The fraction of sp³-hybridized carbons (Fsp3) is 0.375. The third kappa shape index (κ3) is 10.0. The number of carbonyl (C=O) groups excluding carboxylic acids is 2. The lowest BCUT2D eigenvalue weighted by Gasteiger charge is -2.38. The average Bonchev–Trinajstić information content (AvgIpc) is 2.97. The van der Waals surface area contributed by atoms with Crippen molar-refractivity contribution in [3.8, 4) is 0 Å². The predicted octanol–water partition coefficient (Wildman–Crippen LogP) is 5.82. The minimum atomic E-state index is -3.36. The summed E-state index contributed by atoms with van der Waals surface area (Å²) in [5.74, 6) is -1.67. The fourth-order valence-electron chi connectivity index (χ4n) is 5.19. The Balaban J connectivity index is 1.25. The molecule has 0 radical (unpaired) electrons. The van der Waals surface area contributed by atoms with Crippen LogP contribution in [-0.4, -0.2) is 62.1 Å². The number of halogens is 2. The van der Waals surface area contributed by atoms with Crippen LogP contribution >= 0.6 is 0 Å². The number of hydrogen-bond donors (Lipinski definition) is 3. The van der Waals surface area contributed by atoms with E-state index in [9.17, 15) is 26.8 Å². The second-order valence-electron chi connectivity index (χ2n) is 11.1. The van der Waals surface area contributed by atoms with Gasteiger partial charge >= 0.3 is 6.03 Å². The van der Waals surface area contributed by atoms with Crippen LogP contribution in [-0.2, 0) is 27.8 Å². The van der Waals surface area contributed by atoms with Crippen molar-refractivity contribution in [3.63, 3.8) is 0 Å². The van der Waals surface area contributed by atoms with Gasteiger partial charge in [-0.15, -0.1) is 0 Å². The van der Waals surface area contributed by atoms with Gasteiger partial charge in [0.2, 0.25) is 15.9 Å². The third-order valence-corrected chi connectivity index (χ3v) is 8.06. The molecule has 3 N–H and O–H groups in total. The van der Waals surface area contributed by atoms with Gasteiger partial charge in [0.25, 0.3) is 0 Å². The van der Waals surface area contributed by atoms with Crippen LogP contribution in [0.5, 0.6) is 0 Å². The number of benzene rings is 3. The van der Waals surface area contributed by atoms with Crippen LogP contribution in [0.1, 0.15) is 43.7 Å². The summed E-state index contributed by atoms with van der Waals surface area (Å²) in [5.41, 5.74) is 2.95. The molecule has 1 aliphatic heterocycles. The maximum absolute atomic E-state index is 14.1. The lowest BCUT2D eigenvalue weighted by atomic mass is 10.0.